The van der Waals surface area contributed by atoms with Crippen LogP contribution in [0, 0.1) is 0 Å². The van der Waals surface area contributed by atoms with Crippen molar-refractivity contribution in [3.05, 3.63) is 52.9 Å². The summed E-state index contributed by atoms with van der Waals surface area (Å²) in [6.07, 6.45) is 1.64. The third-order valence-corrected chi connectivity index (χ3v) is 2.18. The first kappa shape index (κ1) is 9.52. The van der Waals surface area contributed by atoms with Crippen LogP contribution in [0.2, 0.25) is 0 Å². The molecule has 76 valence electrons. The van der Waals surface area contributed by atoms with Crippen LogP contribution in [0.25, 0.3) is 11.1 Å². The predicted molar refractivity (Wildman–Crippen MR) is 59.1 cm³/mol. The lowest BCUT2D eigenvalue weighted by Gasteiger charge is -2.03. The molecule has 0 amide bonds. The van der Waals surface area contributed by atoms with Crippen molar-refractivity contribution in [1.29, 1.82) is 0 Å². The predicted octanol–water partition coefficient (Wildman–Crippen LogP) is 2.05. The molecular weight excluding hydrogens is 190 g/mol. The van der Waals surface area contributed by atoms with E-state index in [0.717, 1.165) is 16.9 Å². The Morgan fingerprint density at radius 1 is 1.13 bits per heavy atom. The highest BCUT2D eigenvalue weighted by Gasteiger charge is 1.99. The second-order valence-electron chi connectivity index (χ2n) is 3.17. The molecule has 0 radical (unpaired) electrons. The van der Waals surface area contributed by atoms with Crippen molar-refractivity contribution in [2.45, 2.75) is 0 Å². The molecule has 2 rings (SSSR count). The molecule has 0 aliphatic carbocycles. The van der Waals surface area contributed by atoms with Gasteiger partial charge in [0.2, 0.25) is 5.56 Å². The van der Waals surface area contributed by atoms with Crippen LogP contribution >= 0.6 is 0 Å². The number of ether oxygens (including phenoxy) is 1. The summed E-state index contributed by atoms with van der Waals surface area (Å²) in [5.74, 6) is 0.785. The van der Waals surface area contributed by atoms with Gasteiger partial charge < -0.3 is 9.72 Å². The average Bonchev–Trinajstić information content (AvgIpc) is 2.29. The van der Waals surface area contributed by atoms with Gasteiger partial charge in [-0.1, -0.05) is 12.1 Å². The summed E-state index contributed by atoms with van der Waals surface area (Å²) in [6.45, 7) is 0. The molecule has 1 aromatic carbocycles. The van der Waals surface area contributed by atoms with Crippen LogP contribution in [0.1, 0.15) is 0 Å². The van der Waals surface area contributed by atoms with Crippen LogP contribution in [0.3, 0.4) is 0 Å². The molecule has 3 nitrogen and oxygen atoms in total. The molecule has 1 aromatic heterocycles. The van der Waals surface area contributed by atoms with Crippen LogP contribution in [0.5, 0.6) is 5.75 Å². The second-order valence-corrected chi connectivity index (χ2v) is 3.17. The zero-order valence-corrected chi connectivity index (χ0v) is 8.36. The van der Waals surface area contributed by atoms with Gasteiger partial charge in [0, 0.05) is 12.3 Å². The van der Waals surface area contributed by atoms with E-state index in [0.29, 0.717) is 0 Å². The van der Waals surface area contributed by atoms with Crippen LogP contribution in [0.15, 0.2) is 47.4 Å². The minimum atomic E-state index is -0.102. The molecule has 0 aliphatic heterocycles. The van der Waals surface area contributed by atoms with Gasteiger partial charge in [-0.25, -0.2) is 0 Å². The molecule has 0 spiro atoms. The Kier molecular flexibility index (Phi) is 2.54. The van der Waals surface area contributed by atoms with E-state index >= 15 is 0 Å². The van der Waals surface area contributed by atoms with Crippen LogP contribution in [0.4, 0.5) is 0 Å². The SMILES string of the molecule is COc1cccc(-c2cc[nH]c(=O)c2)c1. The third kappa shape index (κ3) is 2.07. The van der Waals surface area contributed by atoms with Crippen molar-refractivity contribution in [1.82, 2.24) is 4.98 Å². The number of hydrogen-bond donors (Lipinski definition) is 1. The van der Waals surface area contributed by atoms with Crippen LogP contribution < -0.4 is 10.3 Å². The summed E-state index contributed by atoms with van der Waals surface area (Å²) in [7, 11) is 1.62. The number of aromatic amines is 1. The maximum atomic E-state index is 11.1. The number of aromatic nitrogens is 1. The van der Waals surface area contributed by atoms with E-state index in [1.54, 1.807) is 19.4 Å². The first-order valence-electron chi connectivity index (χ1n) is 4.63. The summed E-state index contributed by atoms with van der Waals surface area (Å²) in [5.41, 5.74) is 1.76. The quantitative estimate of drug-likeness (QED) is 0.808. The lowest BCUT2D eigenvalue weighted by atomic mass is 10.1. The zero-order chi connectivity index (χ0) is 10.7. The first-order chi connectivity index (χ1) is 7.29. The smallest absolute Gasteiger partial charge is 0.248 e. The summed E-state index contributed by atoms with van der Waals surface area (Å²) >= 11 is 0. The molecule has 3 heteroatoms. The number of pyridine rings is 1. The number of methoxy groups -OCH3 is 1. The van der Waals surface area contributed by atoms with Gasteiger partial charge in [0.25, 0.3) is 0 Å². The first-order valence-corrected chi connectivity index (χ1v) is 4.63. The molecule has 1 heterocycles. The van der Waals surface area contributed by atoms with E-state index in [-0.39, 0.29) is 5.56 Å². The van der Waals surface area contributed by atoms with E-state index in [2.05, 4.69) is 4.98 Å². The Morgan fingerprint density at radius 3 is 2.67 bits per heavy atom. The number of hydrogen-bond acceptors (Lipinski definition) is 2. The van der Waals surface area contributed by atoms with Gasteiger partial charge in [-0.3, -0.25) is 4.79 Å². The monoisotopic (exact) mass is 201 g/mol. The number of H-pyrrole nitrogens is 1. The molecule has 0 bridgehead atoms. The standard InChI is InChI=1S/C12H11NO2/c1-15-11-4-2-3-9(7-11)10-5-6-13-12(14)8-10/h2-8H,1H3,(H,13,14). The highest BCUT2D eigenvalue weighted by molar-refractivity contribution is 5.64. The van der Waals surface area contributed by atoms with Crippen molar-refractivity contribution in [2.75, 3.05) is 7.11 Å². The van der Waals surface area contributed by atoms with Crippen molar-refractivity contribution in [2.24, 2.45) is 0 Å². The maximum Gasteiger partial charge on any atom is 0.248 e. The second kappa shape index (κ2) is 4.00. The highest BCUT2D eigenvalue weighted by atomic mass is 16.5. The molecule has 0 saturated heterocycles. The minimum absolute atomic E-state index is 0.102. The minimum Gasteiger partial charge on any atom is -0.497 e. The summed E-state index contributed by atoms with van der Waals surface area (Å²) in [4.78, 5) is 13.7. The Bertz CT molecular complexity index is 517. The maximum absolute atomic E-state index is 11.1. The summed E-state index contributed by atoms with van der Waals surface area (Å²) < 4.78 is 5.12. The van der Waals surface area contributed by atoms with E-state index in [4.69, 9.17) is 4.74 Å². The van der Waals surface area contributed by atoms with Crippen molar-refractivity contribution >= 4 is 0 Å². The Labute approximate surface area is 87.3 Å². The molecule has 0 atom stereocenters. The Balaban J connectivity index is 2.49. The fourth-order valence-electron chi connectivity index (χ4n) is 1.43. The zero-order valence-electron chi connectivity index (χ0n) is 8.36. The van der Waals surface area contributed by atoms with Gasteiger partial charge >= 0.3 is 0 Å². The largest absolute Gasteiger partial charge is 0.497 e. The summed E-state index contributed by atoms with van der Waals surface area (Å²) in [6, 6.07) is 11.0. The van der Waals surface area contributed by atoms with E-state index in [1.807, 2.05) is 30.3 Å². The van der Waals surface area contributed by atoms with E-state index in [9.17, 15) is 4.79 Å². The van der Waals surface area contributed by atoms with Gasteiger partial charge in [-0.2, -0.15) is 0 Å². The molecule has 0 fully saturated rings. The van der Waals surface area contributed by atoms with Gasteiger partial charge in [-0.15, -0.1) is 0 Å². The van der Waals surface area contributed by atoms with E-state index < -0.39 is 0 Å². The van der Waals surface area contributed by atoms with Crippen molar-refractivity contribution < 1.29 is 4.74 Å². The molecule has 1 N–H and O–H groups in total. The number of benzene rings is 1. The fraction of sp³-hybridized carbons (Fsp3) is 0.0833. The normalized spacial score (nSPS) is 9.93. The molecule has 2 aromatic rings. The van der Waals surface area contributed by atoms with Gasteiger partial charge in [0.15, 0.2) is 0 Å². The van der Waals surface area contributed by atoms with Gasteiger partial charge in [-0.05, 0) is 29.3 Å². The lowest BCUT2D eigenvalue weighted by Crippen LogP contribution is -2.01. The fourth-order valence-corrected chi connectivity index (χ4v) is 1.43. The molecule has 0 aliphatic rings. The van der Waals surface area contributed by atoms with Crippen LogP contribution in [-0.4, -0.2) is 12.1 Å². The number of rotatable bonds is 2. The van der Waals surface area contributed by atoms with E-state index in [1.165, 1.54) is 0 Å². The topological polar surface area (TPSA) is 42.1 Å². The number of nitrogens with one attached hydrogen (secondary N) is 1. The molecule has 0 saturated carbocycles. The molecular formula is C12H11NO2. The van der Waals surface area contributed by atoms with Crippen molar-refractivity contribution in [3.63, 3.8) is 0 Å². The van der Waals surface area contributed by atoms with Crippen molar-refractivity contribution in [3.8, 4) is 16.9 Å². The molecule has 15 heavy (non-hydrogen) atoms. The molecule has 0 unspecified atom stereocenters. The third-order valence-electron chi connectivity index (χ3n) is 2.18. The summed E-state index contributed by atoms with van der Waals surface area (Å²) in [5, 5.41) is 0. The van der Waals surface area contributed by atoms with Crippen LogP contribution in [-0.2, 0) is 0 Å². The Hall–Kier alpha value is -2.03. The lowest BCUT2D eigenvalue weighted by molar-refractivity contribution is 0.415. The highest BCUT2D eigenvalue weighted by Crippen LogP contribution is 2.21. The van der Waals surface area contributed by atoms with Gasteiger partial charge in [0.05, 0.1) is 7.11 Å². The average molecular weight is 201 g/mol. The Morgan fingerprint density at radius 2 is 1.93 bits per heavy atom. The van der Waals surface area contributed by atoms with Gasteiger partial charge in [0.1, 0.15) is 5.75 Å².